The number of rotatable bonds is 11. The molecule has 252 valence electrons. The Hall–Kier alpha value is -4.26. The van der Waals surface area contributed by atoms with Gasteiger partial charge in [-0.3, -0.25) is 4.79 Å². The zero-order valence-electron chi connectivity index (χ0n) is 25.7. The number of carbonyl (C=O) groups excluding carboxylic acids is 1. The molecule has 1 aliphatic rings. The normalized spacial score (nSPS) is 13.6. The van der Waals surface area contributed by atoms with Gasteiger partial charge in [-0.25, -0.2) is 30.8 Å². The summed E-state index contributed by atoms with van der Waals surface area (Å²) in [7, 11) is -5.33. The Morgan fingerprint density at radius 3 is 2.10 bits per heavy atom. The number of carboxylic acid groups (broad SMARTS) is 1. The van der Waals surface area contributed by atoms with Crippen molar-refractivity contribution in [2.75, 3.05) is 11.4 Å². The maximum Gasteiger partial charge on any atom is 0.335 e. The molecule has 48 heavy (non-hydrogen) atoms. The lowest BCUT2D eigenvalue weighted by Crippen LogP contribution is -2.43. The molecule has 4 aromatic carbocycles. The molecular weight excluding hydrogens is 672 g/mol. The second-order valence-corrected chi connectivity index (χ2v) is 14.0. The zero-order valence-corrected chi connectivity index (χ0v) is 27.3. The number of hydrogen-bond donors (Lipinski definition) is 1. The Bertz CT molecular complexity index is 1920. The molecule has 0 radical (unpaired) electrons. The standard InChI is InChI=1S/C35H31ClF4N2O5S/c1-21-30(37)32(39)33(40)34(31(21)38)48(46,47)41(18-22-9-13-27(36)14-10-22)20-29(43)42(28-15-11-25(12-16-28)35(44)45)19-23-5-4-8-26(17-23)24-6-2-3-7-24/h4-5,8-17,24H,2-3,6-7,18-20H2,1H3,(H,44,45). The first-order chi connectivity index (χ1) is 22.8. The predicted octanol–water partition coefficient (Wildman–Crippen LogP) is 7.98. The Balaban J connectivity index is 1.57. The van der Waals surface area contributed by atoms with Crippen molar-refractivity contribution in [2.24, 2.45) is 0 Å². The molecule has 0 bridgehead atoms. The molecule has 0 aromatic heterocycles. The number of benzene rings is 4. The van der Waals surface area contributed by atoms with Gasteiger partial charge < -0.3 is 10.0 Å². The molecular formula is C35H31ClF4N2O5S. The van der Waals surface area contributed by atoms with Crippen LogP contribution in [-0.4, -0.2) is 36.3 Å². The average Bonchev–Trinajstić information content (AvgIpc) is 3.61. The second kappa shape index (κ2) is 14.5. The van der Waals surface area contributed by atoms with E-state index in [1.807, 2.05) is 18.2 Å². The van der Waals surface area contributed by atoms with Gasteiger partial charge in [-0.2, -0.15) is 4.31 Å². The van der Waals surface area contributed by atoms with E-state index in [4.69, 9.17) is 11.6 Å². The lowest BCUT2D eigenvalue weighted by Gasteiger charge is -2.28. The van der Waals surface area contributed by atoms with E-state index in [0.29, 0.717) is 20.8 Å². The van der Waals surface area contributed by atoms with Gasteiger partial charge in [0.05, 0.1) is 18.7 Å². The van der Waals surface area contributed by atoms with Crippen LogP contribution >= 0.6 is 11.6 Å². The third kappa shape index (κ3) is 7.40. The molecule has 1 fully saturated rings. The zero-order chi connectivity index (χ0) is 34.7. The third-order valence-corrected chi connectivity index (χ3v) is 10.5. The van der Waals surface area contributed by atoms with Gasteiger partial charge in [0.25, 0.3) is 0 Å². The number of aromatic carboxylic acids is 1. The number of carbonyl (C=O) groups is 2. The molecule has 13 heteroatoms. The van der Waals surface area contributed by atoms with Gasteiger partial charge in [0.1, 0.15) is 0 Å². The van der Waals surface area contributed by atoms with Crippen LogP contribution in [-0.2, 0) is 27.9 Å². The van der Waals surface area contributed by atoms with Crippen LogP contribution in [0.25, 0.3) is 0 Å². The van der Waals surface area contributed by atoms with Gasteiger partial charge in [-0.05, 0) is 78.8 Å². The van der Waals surface area contributed by atoms with E-state index in [-0.39, 0.29) is 23.4 Å². The summed E-state index contributed by atoms with van der Waals surface area (Å²) in [5, 5.41) is 9.71. The molecule has 0 aliphatic heterocycles. The first kappa shape index (κ1) is 35.1. The van der Waals surface area contributed by atoms with E-state index in [0.717, 1.165) is 38.2 Å². The van der Waals surface area contributed by atoms with Crippen molar-refractivity contribution in [3.05, 3.63) is 129 Å². The van der Waals surface area contributed by atoms with E-state index in [1.165, 1.54) is 53.4 Å². The van der Waals surface area contributed by atoms with Gasteiger partial charge in [0, 0.05) is 22.8 Å². The van der Waals surface area contributed by atoms with Crippen molar-refractivity contribution in [3.63, 3.8) is 0 Å². The van der Waals surface area contributed by atoms with Gasteiger partial charge >= 0.3 is 5.97 Å². The van der Waals surface area contributed by atoms with Crippen LogP contribution in [0.3, 0.4) is 0 Å². The number of halogens is 5. The van der Waals surface area contributed by atoms with Gasteiger partial charge in [0.15, 0.2) is 28.2 Å². The van der Waals surface area contributed by atoms with Crippen molar-refractivity contribution < 1.29 is 40.7 Å². The van der Waals surface area contributed by atoms with Crippen LogP contribution in [0.1, 0.15) is 64.2 Å². The van der Waals surface area contributed by atoms with E-state index in [2.05, 4.69) is 0 Å². The van der Waals surface area contributed by atoms with Gasteiger partial charge in [0.2, 0.25) is 15.9 Å². The maximum atomic E-state index is 15.3. The van der Waals surface area contributed by atoms with E-state index in [9.17, 15) is 31.9 Å². The van der Waals surface area contributed by atoms with Crippen LogP contribution in [0.2, 0.25) is 5.02 Å². The monoisotopic (exact) mass is 702 g/mol. The van der Waals surface area contributed by atoms with Crippen LogP contribution in [0.5, 0.6) is 0 Å². The van der Waals surface area contributed by atoms with Crippen molar-refractivity contribution in [2.45, 2.75) is 56.5 Å². The molecule has 0 unspecified atom stereocenters. The number of hydrogen-bond acceptors (Lipinski definition) is 4. The van der Waals surface area contributed by atoms with Crippen molar-refractivity contribution >= 4 is 39.2 Å². The average molecular weight is 703 g/mol. The molecule has 1 amide bonds. The Kier molecular flexibility index (Phi) is 10.6. The third-order valence-electron chi connectivity index (χ3n) is 8.47. The summed E-state index contributed by atoms with van der Waals surface area (Å²) in [5.41, 5.74) is 1.19. The fourth-order valence-electron chi connectivity index (χ4n) is 5.83. The van der Waals surface area contributed by atoms with E-state index >= 15 is 8.78 Å². The Morgan fingerprint density at radius 2 is 1.48 bits per heavy atom. The number of carboxylic acids is 1. The quantitative estimate of drug-likeness (QED) is 0.0972. The lowest BCUT2D eigenvalue weighted by molar-refractivity contribution is -0.119. The SMILES string of the molecule is Cc1c(F)c(F)c(F)c(S(=O)(=O)N(CC(=O)N(Cc2cccc(C3CCCC3)c2)c2ccc(C(=O)O)cc2)Cc2ccc(Cl)cc2)c1F. The Labute approximate surface area is 280 Å². The highest BCUT2D eigenvalue weighted by Gasteiger charge is 2.37. The minimum absolute atomic E-state index is 0.0546. The molecule has 0 heterocycles. The molecule has 0 saturated heterocycles. The molecule has 4 aromatic rings. The van der Waals surface area contributed by atoms with Gasteiger partial charge in [-0.15, -0.1) is 0 Å². The van der Waals surface area contributed by atoms with Crippen molar-refractivity contribution in [3.8, 4) is 0 Å². The second-order valence-electron chi connectivity index (χ2n) is 11.7. The fraction of sp³-hybridized carbons (Fsp3) is 0.257. The Morgan fingerprint density at radius 1 is 0.833 bits per heavy atom. The highest BCUT2D eigenvalue weighted by atomic mass is 35.5. The van der Waals surface area contributed by atoms with Crippen LogP contribution in [0.15, 0.2) is 77.7 Å². The van der Waals surface area contributed by atoms with E-state index < -0.39 is 68.7 Å². The summed E-state index contributed by atoms with van der Waals surface area (Å²) >= 11 is 5.97. The lowest BCUT2D eigenvalue weighted by atomic mass is 9.96. The summed E-state index contributed by atoms with van der Waals surface area (Å²) in [5.74, 6) is -9.82. The number of sulfonamides is 1. The minimum Gasteiger partial charge on any atom is -0.478 e. The molecule has 0 atom stereocenters. The van der Waals surface area contributed by atoms with Gasteiger partial charge in [-0.1, -0.05) is 60.8 Å². The largest absolute Gasteiger partial charge is 0.478 e. The maximum absolute atomic E-state index is 15.3. The van der Waals surface area contributed by atoms with Crippen molar-refractivity contribution in [1.82, 2.24) is 4.31 Å². The first-order valence-electron chi connectivity index (χ1n) is 15.1. The highest BCUT2D eigenvalue weighted by Crippen LogP contribution is 2.35. The molecule has 1 N–H and O–H groups in total. The minimum atomic E-state index is -5.33. The van der Waals surface area contributed by atoms with Crippen LogP contribution < -0.4 is 4.90 Å². The predicted molar refractivity (Wildman–Crippen MR) is 172 cm³/mol. The summed E-state index contributed by atoms with van der Waals surface area (Å²) < 4.78 is 87.2. The molecule has 1 aliphatic carbocycles. The first-order valence-corrected chi connectivity index (χ1v) is 16.9. The molecule has 0 spiro atoms. The summed E-state index contributed by atoms with van der Waals surface area (Å²) in [6.07, 6.45) is 4.26. The summed E-state index contributed by atoms with van der Waals surface area (Å²) in [4.78, 5) is 25.2. The fourth-order valence-corrected chi connectivity index (χ4v) is 7.51. The van der Waals surface area contributed by atoms with E-state index in [1.54, 1.807) is 6.07 Å². The van der Waals surface area contributed by atoms with Crippen molar-refractivity contribution in [1.29, 1.82) is 0 Å². The van der Waals surface area contributed by atoms with Crippen LogP contribution in [0.4, 0.5) is 23.2 Å². The highest BCUT2D eigenvalue weighted by molar-refractivity contribution is 7.89. The van der Waals surface area contributed by atoms with Crippen LogP contribution in [0, 0.1) is 30.2 Å². The number of amides is 1. The molecule has 7 nitrogen and oxygen atoms in total. The topological polar surface area (TPSA) is 95.0 Å². The summed E-state index contributed by atoms with van der Waals surface area (Å²) in [6.45, 7) is -0.868. The molecule has 1 saturated carbocycles. The number of anilines is 1. The molecule has 5 rings (SSSR count). The number of nitrogens with zero attached hydrogens (tertiary/aromatic N) is 2. The smallest absolute Gasteiger partial charge is 0.335 e. The summed E-state index contributed by atoms with van der Waals surface area (Å²) in [6, 6.07) is 18.7.